The van der Waals surface area contributed by atoms with Gasteiger partial charge in [-0.2, -0.15) is 0 Å². The molecule has 3 aromatic rings. The average molecular weight is 444 g/mol. The number of esters is 1. The quantitative estimate of drug-likeness (QED) is 0.502. The summed E-state index contributed by atoms with van der Waals surface area (Å²) in [5.74, 6) is -0.496. The number of H-pyrrole nitrogens is 1. The number of hydrogen-bond acceptors (Lipinski definition) is 3. The smallest absolute Gasteiger partial charge is 0.328 e. The van der Waals surface area contributed by atoms with Gasteiger partial charge in [0.1, 0.15) is 6.04 Å². The second-order valence-corrected chi connectivity index (χ2v) is 7.36. The van der Waals surface area contributed by atoms with Crippen LogP contribution in [0.1, 0.15) is 24.1 Å². The number of carbonyl (C=O) groups excluding carboxylic acids is 2. The molecule has 146 valence electrons. The highest BCUT2D eigenvalue weighted by Gasteiger charge is 2.24. The van der Waals surface area contributed by atoms with E-state index in [1.807, 2.05) is 61.7 Å². The minimum atomic E-state index is -0.806. The molecule has 0 spiro atoms. The van der Waals surface area contributed by atoms with E-state index < -0.39 is 18.0 Å². The summed E-state index contributed by atoms with van der Waals surface area (Å²) < 4.78 is 5.81. The minimum absolute atomic E-state index is 0.193. The van der Waals surface area contributed by atoms with Crippen LogP contribution in [0.2, 0.25) is 0 Å². The van der Waals surface area contributed by atoms with Crippen molar-refractivity contribution in [3.05, 3.63) is 70.3 Å². The van der Waals surface area contributed by atoms with Gasteiger partial charge in [-0.15, -0.1) is 0 Å². The van der Waals surface area contributed by atoms with Gasteiger partial charge in [0.2, 0.25) is 0 Å². The van der Waals surface area contributed by atoms with Crippen LogP contribution in [0.15, 0.2) is 59.2 Å². The molecule has 2 amide bonds. The van der Waals surface area contributed by atoms with Crippen LogP contribution >= 0.6 is 15.9 Å². The first kappa shape index (κ1) is 19.9. The predicted molar refractivity (Wildman–Crippen MR) is 112 cm³/mol. The fourth-order valence-corrected chi connectivity index (χ4v) is 3.77. The zero-order valence-corrected chi connectivity index (χ0v) is 17.2. The van der Waals surface area contributed by atoms with Gasteiger partial charge in [0, 0.05) is 28.0 Å². The van der Waals surface area contributed by atoms with Crippen LogP contribution in [0.25, 0.3) is 10.9 Å². The Morgan fingerprint density at radius 1 is 1.11 bits per heavy atom. The third-order valence-electron chi connectivity index (χ3n) is 4.60. The number of carbonyl (C=O) groups is 2. The van der Waals surface area contributed by atoms with Gasteiger partial charge >= 0.3 is 12.0 Å². The summed E-state index contributed by atoms with van der Waals surface area (Å²) in [6, 6.07) is 14.0. The van der Waals surface area contributed by atoms with Crippen molar-refractivity contribution in [2.45, 2.75) is 25.4 Å². The molecule has 0 saturated carbocycles. The highest BCUT2D eigenvalue weighted by molar-refractivity contribution is 9.10. The molecule has 0 radical (unpaired) electrons. The van der Waals surface area contributed by atoms with E-state index in [0.29, 0.717) is 6.42 Å². The summed E-state index contributed by atoms with van der Waals surface area (Å²) in [7, 11) is 1.31. The van der Waals surface area contributed by atoms with Gasteiger partial charge in [-0.3, -0.25) is 0 Å². The Morgan fingerprint density at radius 2 is 1.86 bits per heavy atom. The van der Waals surface area contributed by atoms with Crippen molar-refractivity contribution in [3.8, 4) is 0 Å². The fourth-order valence-electron chi connectivity index (χ4n) is 3.15. The molecule has 1 aromatic heterocycles. The van der Waals surface area contributed by atoms with Crippen molar-refractivity contribution in [1.29, 1.82) is 0 Å². The summed E-state index contributed by atoms with van der Waals surface area (Å²) >= 11 is 3.54. The van der Waals surface area contributed by atoms with E-state index in [9.17, 15) is 9.59 Å². The van der Waals surface area contributed by atoms with Crippen molar-refractivity contribution in [2.24, 2.45) is 0 Å². The van der Waals surface area contributed by atoms with Gasteiger partial charge in [-0.1, -0.05) is 52.3 Å². The summed E-state index contributed by atoms with van der Waals surface area (Å²) in [5.41, 5.74) is 2.84. The van der Waals surface area contributed by atoms with Crippen LogP contribution in [-0.2, 0) is 16.0 Å². The van der Waals surface area contributed by atoms with Gasteiger partial charge in [0.05, 0.1) is 13.2 Å². The number of fused-ring (bicyclic) bond motifs is 1. The molecule has 2 aromatic carbocycles. The van der Waals surface area contributed by atoms with Crippen LogP contribution in [0, 0.1) is 0 Å². The third-order valence-corrected chi connectivity index (χ3v) is 5.26. The van der Waals surface area contributed by atoms with E-state index in [1.165, 1.54) is 7.11 Å². The van der Waals surface area contributed by atoms with Crippen LogP contribution in [0.5, 0.6) is 0 Å². The number of amides is 2. The van der Waals surface area contributed by atoms with Crippen molar-refractivity contribution in [3.63, 3.8) is 0 Å². The van der Waals surface area contributed by atoms with Crippen LogP contribution in [0.4, 0.5) is 4.79 Å². The van der Waals surface area contributed by atoms with Crippen LogP contribution < -0.4 is 10.6 Å². The van der Waals surface area contributed by atoms with E-state index in [0.717, 1.165) is 26.5 Å². The fraction of sp³-hybridized carbons (Fsp3) is 0.238. The van der Waals surface area contributed by atoms with Gasteiger partial charge in [-0.25, -0.2) is 9.59 Å². The predicted octanol–water partition coefficient (Wildman–Crippen LogP) is 4.07. The summed E-state index contributed by atoms with van der Waals surface area (Å²) in [6.45, 7) is 1.89. The monoisotopic (exact) mass is 443 g/mol. The molecule has 7 heteroatoms. The number of methoxy groups -OCH3 is 1. The third kappa shape index (κ3) is 4.54. The summed E-state index contributed by atoms with van der Waals surface area (Å²) in [4.78, 5) is 27.9. The molecule has 2 atom stereocenters. The molecule has 0 aliphatic heterocycles. The van der Waals surface area contributed by atoms with Gasteiger partial charge in [-0.05, 0) is 30.2 Å². The Labute approximate surface area is 171 Å². The molecule has 28 heavy (non-hydrogen) atoms. The van der Waals surface area contributed by atoms with Gasteiger partial charge < -0.3 is 20.4 Å². The molecule has 0 bridgehead atoms. The Balaban J connectivity index is 1.73. The lowest BCUT2D eigenvalue weighted by atomic mass is 10.0. The first-order valence-electron chi connectivity index (χ1n) is 8.94. The summed E-state index contributed by atoms with van der Waals surface area (Å²) in [5, 5.41) is 6.58. The maximum atomic E-state index is 12.5. The molecule has 3 N–H and O–H groups in total. The highest BCUT2D eigenvalue weighted by Crippen LogP contribution is 2.27. The number of rotatable bonds is 6. The highest BCUT2D eigenvalue weighted by atomic mass is 79.9. The number of halogens is 1. The molecule has 1 heterocycles. The number of aromatic amines is 1. The van der Waals surface area contributed by atoms with Gasteiger partial charge in [0.15, 0.2) is 0 Å². The molecule has 0 aliphatic rings. The SMILES string of the molecule is COC(=O)[C@@H](Cc1c[nH]c2cccc(Br)c12)NC(=O)N[C@H](C)c1ccccc1. The number of benzene rings is 2. The molecular weight excluding hydrogens is 422 g/mol. The van der Waals surface area contributed by atoms with Crippen LogP contribution in [-0.4, -0.2) is 30.1 Å². The lowest BCUT2D eigenvalue weighted by molar-refractivity contribution is -0.142. The van der Waals surface area contributed by atoms with E-state index in [2.05, 4.69) is 31.5 Å². The lowest BCUT2D eigenvalue weighted by Crippen LogP contribution is -2.48. The largest absolute Gasteiger partial charge is 0.467 e. The standard InChI is InChI=1S/C21H22BrN3O3/c1-13(14-7-4-3-5-8-14)24-21(27)25-18(20(26)28-2)11-15-12-23-17-10-6-9-16(22)19(15)17/h3-10,12-13,18,23H,11H2,1-2H3,(H2,24,25,27)/t13-,18-/m1/s1. The normalized spacial score (nSPS) is 13.0. The Hall–Kier alpha value is -2.80. The molecule has 0 fully saturated rings. The topological polar surface area (TPSA) is 83.2 Å². The van der Waals surface area contributed by atoms with Crippen molar-refractivity contribution >= 4 is 38.8 Å². The number of ether oxygens (including phenoxy) is 1. The van der Waals surface area contributed by atoms with Crippen LogP contribution in [0.3, 0.4) is 0 Å². The molecule has 3 rings (SSSR count). The first-order chi connectivity index (χ1) is 13.5. The van der Waals surface area contributed by atoms with E-state index in [-0.39, 0.29) is 6.04 Å². The summed E-state index contributed by atoms with van der Waals surface area (Å²) in [6.07, 6.45) is 2.15. The number of hydrogen-bond donors (Lipinski definition) is 3. The Kier molecular flexibility index (Phi) is 6.36. The zero-order valence-electron chi connectivity index (χ0n) is 15.7. The molecular formula is C21H22BrN3O3. The maximum Gasteiger partial charge on any atom is 0.328 e. The van der Waals surface area contributed by atoms with Crippen molar-refractivity contribution in [1.82, 2.24) is 15.6 Å². The Morgan fingerprint density at radius 3 is 2.57 bits per heavy atom. The number of nitrogens with one attached hydrogen (secondary N) is 3. The molecule has 6 nitrogen and oxygen atoms in total. The van der Waals surface area contributed by atoms with E-state index >= 15 is 0 Å². The van der Waals surface area contributed by atoms with Crippen molar-refractivity contribution in [2.75, 3.05) is 7.11 Å². The maximum absolute atomic E-state index is 12.5. The molecule has 0 aliphatic carbocycles. The second kappa shape index (κ2) is 8.93. The minimum Gasteiger partial charge on any atom is -0.467 e. The van der Waals surface area contributed by atoms with E-state index in [4.69, 9.17) is 4.74 Å². The Bertz CT molecular complexity index is 971. The number of aromatic nitrogens is 1. The lowest BCUT2D eigenvalue weighted by Gasteiger charge is -2.20. The zero-order chi connectivity index (χ0) is 20.1. The number of urea groups is 1. The van der Waals surface area contributed by atoms with E-state index in [1.54, 1.807) is 0 Å². The van der Waals surface area contributed by atoms with Gasteiger partial charge in [0.25, 0.3) is 0 Å². The van der Waals surface area contributed by atoms with Crippen molar-refractivity contribution < 1.29 is 14.3 Å². The second-order valence-electron chi connectivity index (χ2n) is 6.51. The first-order valence-corrected chi connectivity index (χ1v) is 9.73. The molecule has 0 unspecified atom stereocenters. The average Bonchev–Trinajstić information content (AvgIpc) is 3.11. The molecule has 0 saturated heterocycles.